The van der Waals surface area contributed by atoms with Gasteiger partial charge in [-0.05, 0) is 40.8 Å². The van der Waals surface area contributed by atoms with E-state index in [1.165, 1.54) is 5.56 Å². The van der Waals surface area contributed by atoms with Crippen molar-refractivity contribution in [2.24, 2.45) is 0 Å². The summed E-state index contributed by atoms with van der Waals surface area (Å²) in [6, 6.07) is 15.3. The second-order valence-electron chi connectivity index (χ2n) is 8.31. The Labute approximate surface area is 169 Å². The van der Waals surface area contributed by atoms with Crippen molar-refractivity contribution in [3.8, 4) is 5.75 Å². The minimum Gasteiger partial charge on any atom is -0.497 e. The first-order valence-corrected chi connectivity index (χ1v) is 11.1. The number of rotatable bonds is 5. The fourth-order valence-electron chi connectivity index (χ4n) is 3.43. The zero-order valence-electron chi connectivity index (χ0n) is 17.2. The maximum Gasteiger partial charge on any atom is 0.243 e. The van der Waals surface area contributed by atoms with Crippen LogP contribution in [0.5, 0.6) is 5.75 Å². The molecule has 28 heavy (non-hydrogen) atoms. The molecule has 1 aliphatic rings. The van der Waals surface area contributed by atoms with Crippen molar-refractivity contribution < 1.29 is 13.2 Å². The lowest BCUT2D eigenvalue weighted by molar-refractivity contribution is 0.181. The SMILES string of the molecule is COc1cccc(CN2CCN(S(=O)(=O)c3ccc(C(C)(C)C)cc3)CC2)c1. The number of methoxy groups -OCH3 is 1. The molecule has 0 spiro atoms. The minimum absolute atomic E-state index is 0.00797. The van der Waals surface area contributed by atoms with Gasteiger partial charge in [-0.2, -0.15) is 4.31 Å². The minimum atomic E-state index is -3.44. The maximum atomic E-state index is 13.0. The highest BCUT2D eigenvalue weighted by Crippen LogP contribution is 2.25. The average Bonchev–Trinajstić information content (AvgIpc) is 2.68. The van der Waals surface area contributed by atoms with Gasteiger partial charge in [0.05, 0.1) is 12.0 Å². The molecule has 2 aromatic carbocycles. The molecule has 0 saturated carbocycles. The van der Waals surface area contributed by atoms with E-state index < -0.39 is 10.0 Å². The Morgan fingerprint density at radius 3 is 2.18 bits per heavy atom. The van der Waals surface area contributed by atoms with E-state index in [4.69, 9.17) is 4.74 Å². The Morgan fingerprint density at radius 2 is 1.61 bits per heavy atom. The van der Waals surface area contributed by atoms with Crippen molar-refractivity contribution in [3.63, 3.8) is 0 Å². The molecule has 0 N–H and O–H groups in total. The molecule has 0 bridgehead atoms. The van der Waals surface area contributed by atoms with Gasteiger partial charge in [0.2, 0.25) is 10.0 Å². The molecular formula is C22H30N2O3S. The fourth-order valence-corrected chi connectivity index (χ4v) is 4.86. The zero-order valence-corrected chi connectivity index (χ0v) is 18.0. The Bertz CT molecular complexity index is 894. The highest BCUT2D eigenvalue weighted by molar-refractivity contribution is 7.89. The summed E-state index contributed by atoms with van der Waals surface area (Å²) in [7, 11) is -1.78. The number of ether oxygens (including phenoxy) is 1. The molecule has 0 radical (unpaired) electrons. The van der Waals surface area contributed by atoms with E-state index >= 15 is 0 Å². The second-order valence-corrected chi connectivity index (χ2v) is 10.2. The third kappa shape index (κ3) is 4.74. The van der Waals surface area contributed by atoms with Crippen molar-refractivity contribution in [2.75, 3.05) is 33.3 Å². The molecule has 0 aromatic heterocycles. The normalized spacial score (nSPS) is 16.9. The monoisotopic (exact) mass is 402 g/mol. The molecule has 0 aliphatic carbocycles. The third-order valence-corrected chi connectivity index (χ3v) is 7.14. The molecular weight excluding hydrogens is 372 g/mol. The molecule has 6 heteroatoms. The number of hydrogen-bond acceptors (Lipinski definition) is 4. The van der Waals surface area contributed by atoms with Crippen LogP contribution in [0.15, 0.2) is 53.4 Å². The van der Waals surface area contributed by atoms with Gasteiger partial charge < -0.3 is 4.74 Å². The molecule has 5 nitrogen and oxygen atoms in total. The average molecular weight is 403 g/mol. The van der Waals surface area contributed by atoms with Gasteiger partial charge in [0.15, 0.2) is 0 Å². The van der Waals surface area contributed by atoms with Crippen molar-refractivity contribution in [1.29, 1.82) is 0 Å². The fraction of sp³-hybridized carbons (Fsp3) is 0.455. The summed E-state index contributed by atoms with van der Waals surface area (Å²) in [4.78, 5) is 2.66. The molecule has 1 saturated heterocycles. The molecule has 1 fully saturated rings. The molecule has 1 aliphatic heterocycles. The van der Waals surface area contributed by atoms with Gasteiger partial charge in [-0.1, -0.05) is 45.0 Å². The lowest BCUT2D eigenvalue weighted by Crippen LogP contribution is -2.48. The first-order chi connectivity index (χ1) is 13.2. The quantitative estimate of drug-likeness (QED) is 0.768. The lowest BCUT2D eigenvalue weighted by Gasteiger charge is -2.34. The van der Waals surface area contributed by atoms with Crippen LogP contribution in [-0.4, -0.2) is 50.9 Å². The van der Waals surface area contributed by atoms with Gasteiger partial charge in [-0.15, -0.1) is 0 Å². The molecule has 1 heterocycles. The largest absolute Gasteiger partial charge is 0.497 e. The van der Waals surface area contributed by atoms with E-state index in [1.807, 2.05) is 30.3 Å². The van der Waals surface area contributed by atoms with Gasteiger partial charge in [-0.25, -0.2) is 8.42 Å². The third-order valence-electron chi connectivity index (χ3n) is 5.23. The number of benzene rings is 2. The van der Waals surface area contributed by atoms with Crippen LogP contribution in [0.4, 0.5) is 0 Å². The topological polar surface area (TPSA) is 49.9 Å². The zero-order chi connectivity index (χ0) is 20.4. The molecule has 3 rings (SSSR count). The first-order valence-electron chi connectivity index (χ1n) is 9.66. The number of piperazine rings is 1. The Balaban J connectivity index is 1.63. The van der Waals surface area contributed by atoms with E-state index in [2.05, 4.69) is 31.7 Å². The summed E-state index contributed by atoms with van der Waals surface area (Å²) in [6.45, 7) is 9.62. The van der Waals surface area contributed by atoms with Crippen LogP contribution in [0.3, 0.4) is 0 Å². The van der Waals surface area contributed by atoms with Crippen molar-refractivity contribution >= 4 is 10.0 Å². The van der Waals surface area contributed by atoms with Crippen LogP contribution >= 0.6 is 0 Å². The molecule has 0 amide bonds. The van der Waals surface area contributed by atoms with E-state index in [9.17, 15) is 8.42 Å². The maximum absolute atomic E-state index is 13.0. The Hall–Kier alpha value is -1.89. The highest BCUT2D eigenvalue weighted by atomic mass is 32.2. The van der Waals surface area contributed by atoms with Gasteiger partial charge >= 0.3 is 0 Å². The van der Waals surface area contributed by atoms with Crippen LogP contribution in [0, 0.1) is 0 Å². The smallest absolute Gasteiger partial charge is 0.243 e. The van der Waals surface area contributed by atoms with Crippen LogP contribution in [-0.2, 0) is 22.0 Å². The summed E-state index contributed by atoms with van der Waals surface area (Å²) >= 11 is 0. The van der Waals surface area contributed by atoms with E-state index in [1.54, 1.807) is 23.5 Å². The Morgan fingerprint density at radius 1 is 0.964 bits per heavy atom. The number of nitrogens with zero attached hydrogens (tertiary/aromatic N) is 2. The lowest BCUT2D eigenvalue weighted by atomic mass is 9.87. The van der Waals surface area contributed by atoms with Crippen LogP contribution in [0.1, 0.15) is 31.9 Å². The number of hydrogen-bond donors (Lipinski definition) is 0. The van der Waals surface area contributed by atoms with Crippen LogP contribution < -0.4 is 4.74 Å². The Kier molecular flexibility index (Phi) is 6.12. The molecule has 152 valence electrons. The van der Waals surface area contributed by atoms with Crippen molar-refractivity contribution in [2.45, 2.75) is 37.6 Å². The first kappa shape index (κ1) is 20.8. The number of sulfonamides is 1. The summed E-state index contributed by atoms with van der Waals surface area (Å²) in [5, 5.41) is 0. The summed E-state index contributed by atoms with van der Waals surface area (Å²) in [5.74, 6) is 0.845. The standard InChI is InChI=1S/C22H30N2O3S/c1-22(2,3)19-8-10-21(11-9-19)28(25,26)24-14-12-23(13-15-24)17-18-6-5-7-20(16-18)27-4/h5-11,16H,12-15,17H2,1-4H3. The van der Waals surface area contributed by atoms with Crippen LogP contribution in [0.2, 0.25) is 0 Å². The van der Waals surface area contributed by atoms with E-state index in [0.29, 0.717) is 18.0 Å². The second kappa shape index (κ2) is 8.23. The van der Waals surface area contributed by atoms with E-state index in [0.717, 1.165) is 30.9 Å². The van der Waals surface area contributed by atoms with Crippen molar-refractivity contribution in [3.05, 3.63) is 59.7 Å². The van der Waals surface area contributed by atoms with Crippen molar-refractivity contribution in [1.82, 2.24) is 9.21 Å². The molecule has 0 unspecified atom stereocenters. The van der Waals surface area contributed by atoms with Gasteiger partial charge in [0.1, 0.15) is 5.75 Å². The molecule has 0 atom stereocenters. The highest BCUT2D eigenvalue weighted by Gasteiger charge is 2.28. The summed E-state index contributed by atoms with van der Waals surface area (Å²) in [6.07, 6.45) is 0. The summed E-state index contributed by atoms with van der Waals surface area (Å²) < 4.78 is 32.9. The van der Waals surface area contributed by atoms with Crippen LogP contribution in [0.25, 0.3) is 0 Å². The summed E-state index contributed by atoms with van der Waals surface area (Å²) in [5.41, 5.74) is 2.32. The van der Waals surface area contributed by atoms with Gasteiger partial charge in [-0.3, -0.25) is 4.90 Å². The molecule has 2 aromatic rings. The van der Waals surface area contributed by atoms with Gasteiger partial charge in [0, 0.05) is 32.7 Å². The van der Waals surface area contributed by atoms with E-state index in [-0.39, 0.29) is 5.41 Å². The predicted molar refractivity (Wildman–Crippen MR) is 112 cm³/mol. The predicted octanol–water partition coefficient (Wildman–Crippen LogP) is 3.50. The van der Waals surface area contributed by atoms with Gasteiger partial charge in [0.25, 0.3) is 0 Å².